The van der Waals surface area contributed by atoms with Crippen LogP contribution in [0.1, 0.15) is 12.0 Å². The average molecular weight is 267 g/mol. The van der Waals surface area contributed by atoms with Crippen molar-refractivity contribution < 1.29 is 23.8 Å². The van der Waals surface area contributed by atoms with E-state index in [-0.39, 0.29) is 19.6 Å². The van der Waals surface area contributed by atoms with Gasteiger partial charge >= 0.3 is 12.1 Å². The van der Waals surface area contributed by atoms with Crippen LogP contribution in [0.2, 0.25) is 0 Å². The number of hydrogen-bond acceptors (Lipinski definition) is 3. The monoisotopic (exact) mass is 267 g/mol. The van der Waals surface area contributed by atoms with Gasteiger partial charge in [0.1, 0.15) is 6.61 Å². The van der Waals surface area contributed by atoms with Crippen LogP contribution in [-0.4, -0.2) is 40.8 Å². The van der Waals surface area contributed by atoms with Crippen LogP contribution < -0.4 is 0 Å². The van der Waals surface area contributed by atoms with E-state index in [9.17, 15) is 14.0 Å². The minimum atomic E-state index is -2.36. The predicted octanol–water partition coefficient (Wildman–Crippen LogP) is 1.82. The fourth-order valence-electron chi connectivity index (χ4n) is 1.91. The van der Waals surface area contributed by atoms with Crippen LogP contribution in [0.3, 0.4) is 0 Å². The Balaban J connectivity index is 1.87. The molecule has 1 amide bonds. The van der Waals surface area contributed by atoms with Crippen LogP contribution in [0.5, 0.6) is 0 Å². The second-order valence-electron chi connectivity index (χ2n) is 4.48. The normalized spacial score (nSPS) is 22.3. The van der Waals surface area contributed by atoms with Gasteiger partial charge in [-0.3, -0.25) is 0 Å². The summed E-state index contributed by atoms with van der Waals surface area (Å²) in [7, 11) is 0. The van der Waals surface area contributed by atoms with Crippen molar-refractivity contribution in [1.29, 1.82) is 0 Å². The van der Waals surface area contributed by atoms with Crippen molar-refractivity contribution in [3.8, 4) is 0 Å². The Morgan fingerprint density at radius 1 is 1.37 bits per heavy atom. The van der Waals surface area contributed by atoms with Gasteiger partial charge in [-0.2, -0.15) is 0 Å². The number of carboxylic acids is 1. The third-order valence-corrected chi connectivity index (χ3v) is 3.07. The van der Waals surface area contributed by atoms with E-state index in [0.29, 0.717) is 0 Å². The highest BCUT2D eigenvalue weighted by Gasteiger charge is 2.47. The lowest BCUT2D eigenvalue weighted by Crippen LogP contribution is -2.39. The van der Waals surface area contributed by atoms with E-state index in [0.717, 1.165) is 10.5 Å². The Kier molecular flexibility index (Phi) is 3.69. The molecule has 0 saturated carbocycles. The molecule has 1 heterocycles. The van der Waals surface area contributed by atoms with Crippen LogP contribution in [0, 0.1) is 0 Å². The van der Waals surface area contributed by atoms with Crippen LogP contribution in [0.15, 0.2) is 30.3 Å². The SMILES string of the molecule is O=C(OCc1ccccc1)N1CC[C@](F)(C(=O)O)C1. The zero-order valence-electron chi connectivity index (χ0n) is 10.2. The summed E-state index contributed by atoms with van der Waals surface area (Å²) in [5, 5.41) is 8.73. The molecule has 1 atom stereocenters. The van der Waals surface area contributed by atoms with Crippen molar-refractivity contribution >= 4 is 12.1 Å². The Labute approximate surface area is 109 Å². The molecule has 1 aromatic carbocycles. The minimum Gasteiger partial charge on any atom is -0.479 e. The Morgan fingerprint density at radius 3 is 2.63 bits per heavy atom. The molecule has 1 aromatic rings. The number of hydrogen-bond donors (Lipinski definition) is 1. The number of halogens is 1. The number of alkyl halides is 1. The average Bonchev–Trinajstić information content (AvgIpc) is 2.81. The van der Waals surface area contributed by atoms with Crippen LogP contribution in [0.25, 0.3) is 0 Å². The third kappa shape index (κ3) is 3.01. The number of likely N-dealkylation sites (tertiary alicyclic amines) is 1. The smallest absolute Gasteiger partial charge is 0.410 e. The van der Waals surface area contributed by atoms with Crippen LogP contribution in [0.4, 0.5) is 9.18 Å². The van der Waals surface area contributed by atoms with Gasteiger partial charge in [-0.25, -0.2) is 14.0 Å². The zero-order valence-corrected chi connectivity index (χ0v) is 10.2. The molecule has 1 aliphatic heterocycles. The van der Waals surface area contributed by atoms with Gasteiger partial charge in [0.15, 0.2) is 0 Å². The molecule has 5 nitrogen and oxygen atoms in total. The van der Waals surface area contributed by atoms with Gasteiger partial charge in [-0.05, 0) is 5.56 Å². The number of benzene rings is 1. The summed E-state index contributed by atoms with van der Waals surface area (Å²) in [6, 6.07) is 9.07. The summed E-state index contributed by atoms with van der Waals surface area (Å²) in [5.74, 6) is -1.54. The van der Waals surface area contributed by atoms with Gasteiger partial charge in [0.25, 0.3) is 0 Å². The van der Waals surface area contributed by atoms with Crippen molar-refractivity contribution in [2.75, 3.05) is 13.1 Å². The molecular formula is C13H14FNO4. The standard InChI is InChI=1S/C13H14FNO4/c14-13(11(16)17)6-7-15(9-13)12(18)19-8-10-4-2-1-3-5-10/h1-5H,6-9H2,(H,16,17)/t13-/m1/s1. The maximum Gasteiger partial charge on any atom is 0.410 e. The first-order valence-electron chi connectivity index (χ1n) is 5.89. The molecule has 1 N–H and O–H groups in total. The third-order valence-electron chi connectivity index (χ3n) is 3.07. The molecule has 6 heteroatoms. The van der Waals surface area contributed by atoms with Crippen molar-refractivity contribution in [1.82, 2.24) is 4.90 Å². The molecule has 0 aromatic heterocycles. The molecule has 0 radical (unpaired) electrons. The Bertz CT molecular complexity index is 479. The summed E-state index contributed by atoms with van der Waals surface area (Å²) in [6.45, 7) is -0.324. The highest BCUT2D eigenvalue weighted by atomic mass is 19.1. The van der Waals surface area contributed by atoms with Crippen molar-refractivity contribution in [2.45, 2.75) is 18.7 Å². The molecule has 2 rings (SSSR count). The second kappa shape index (κ2) is 5.26. The lowest BCUT2D eigenvalue weighted by Gasteiger charge is -2.17. The summed E-state index contributed by atoms with van der Waals surface area (Å²) in [6.07, 6.45) is -0.896. The van der Waals surface area contributed by atoms with Gasteiger partial charge < -0.3 is 14.7 Å². The van der Waals surface area contributed by atoms with Crippen molar-refractivity contribution in [2.24, 2.45) is 0 Å². The van der Waals surface area contributed by atoms with Crippen molar-refractivity contribution in [3.05, 3.63) is 35.9 Å². The molecule has 1 saturated heterocycles. The lowest BCUT2D eigenvalue weighted by atomic mass is 10.1. The summed E-state index contributed by atoms with van der Waals surface area (Å²) < 4.78 is 18.8. The van der Waals surface area contributed by atoms with E-state index >= 15 is 0 Å². The molecule has 0 spiro atoms. The van der Waals surface area contributed by atoms with Crippen LogP contribution in [-0.2, 0) is 16.1 Å². The molecule has 102 valence electrons. The van der Waals surface area contributed by atoms with Crippen molar-refractivity contribution in [3.63, 3.8) is 0 Å². The predicted molar refractivity (Wildman–Crippen MR) is 64.3 cm³/mol. The number of carbonyl (C=O) groups is 2. The number of ether oxygens (including phenoxy) is 1. The molecule has 19 heavy (non-hydrogen) atoms. The van der Waals surface area contributed by atoms with E-state index in [1.54, 1.807) is 12.1 Å². The number of nitrogens with zero attached hydrogens (tertiary/aromatic N) is 1. The van der Waals surface area contributed by atoms with E-state index in [2.05, 4.69) is 0 Å². The van der Waals surface area contributed by atoms with Gasteiger partial charge in [-0.1, -0.05) is 30.3 Å². The maximum atomic E-state index is 13.8. The lowest BCUT2D eigenvalue weighted by molar-refractivity contribution is -0.149. The summed E-state index contributed by atoms with van der Waals surface area (Å²) in [5.41, 5.74) is -1.54. The Hall–Kier alpha value is -2.11. The number of carbonyl (C=O) groups excluding carboxylic acids is 1. The van der Waals surface area contributed by atoms with Crippen LogP contribution >= 0.6 is 0 Å². The molecule has 1 aliphatic rings. The summed E-state index contributed by atoms with van der Waals surface area (Å²) >= 11 is 0. The first-order chi connectivity index (χ1) is 9.01. The largest absolute Gasteiger partial charge is 0.479 e. The fourth-order valence-corrected chi connectivity index (χ4v) is 1.91. The number of aliphatic carboxylic acids is 1. The second-order valence-corrected chi connectivity index (χ2v) is 4.48. The highest BCUT2D eigenvalue weighted by Crippen LogP contribution is 2.26. The molecule has 1 fully saturated rings. The number of amides is 1. The van der Waals surface area contributed by atoms with Gasteiger partial charge in [0, 0.05) is 13.0 Å². The quantitative estimate of drug-likeness (QED) is 0.907. The van der Waals surface area contributed by atoms with Gasteiger partial charge in [-0.15, -0.1) is 0 Å². The first-order valence-corrected chi connectivity index (χ1v) is 5.89. The zero-order chi connectivity index (χ0) is 13.9. The summed E-state index contributed by atoms with van der Waals surface area (Å²) in [4.78, 5) is 23.5. The first kappa shape index (κ1) is 13.3. The number of rotatable bonds is 3. The van der Waals surface area contributed by atoms with E-state index in [1.165, 1.54) is 0 Å². The van der Waals surface area contributed by atoms with E-state index in [1.807, 2.05) is 18.2 Å². The van der Waals surface area contributed by atoms with E-state index < -0.39 is 24.3 Å². The van der Waals surface area contributed by atoms with Gasteiger partial charge in [0.05, 0.1) is 6.54 Å². The maximum absolute atomic E-state index is 13.8. The highest BCUT2D eigenvalue weighted by molar-refractivity contribution is 5.80. The molecule has 0 bridgehead atoms. The molecule has 0 unspecified atom stereocenters. The fraction of sp³-hybridized carbons (Fsp3) is 0.385. The van der Waals surface area contributed by atoms with Gasteiger partial charge in [0.2, 0.25) is 5.67 Å². The van der Waals surface area contributed by atoms with E-state index in [4.69, 9.17) is 9.84 Å². The molecule has 0 aliphatic carbocycles. The number of carboxylic acid groups (broad SMARTS) is 1. The minimum absolute atomic E-state index is 0.0520. The topological polar surface area (TPSA) is 66.8 Å². The molecular weight excluding hydrogens is 253 g/mol. The Morgan fingerprint density at radius 2 is 2.05 bits per heavy atom.